The molecule has 0 aliphatic rings. The molecule has 84 valence electrons. The van der Waals surface area contributed by atoms with E-state index in [4.69, 9.17) is 11.0 Å². The van der Waals surface area contributed by atoms with Crippen molar-refractivity contribution in [3.8, 4) is 0 Å². The van der Waals surface area contributed by atoms with Gasteiger partial charge in [-0.3, -0.25) is 5.84 Å². The third-order valence-electron chi connectivity index (χ3n) is 2.13. The molecule has 0 spiro atoms. The molecule has 1 aromatic carbocycles. The maximum Gasteiger partial charge on any atom is 0.209 e. The molecule has 0 heterocycles. The van der Waals surface area contributed by atoms with Gasteiger partial charge in [0.15, 0.2) is 0 Å². The zero-order valence-electron chi connectivity index (χ0n) is 8.47. The third kappa shape index (κ3) is 3.86. The molecule has 0 radical (unpaired) electrons. The van der Waals surface area contributed by atoms with Crippen molar-refractivity contribution >= 4 is 15.7 Å². The van der Waals surface area contributed by atoms with Crippen LogP contribution in [-0.2, 0) is 10.0 Å². The number of benzene rings is 1. The number of nitrogens with one attached hydrogen (secondary N) is 1. The van der Waals surface area contributed by atoms with Gasteiger partial charge >= 0.3 is 0 Å². The van der Waals surface area contributed by atoms with Crippen LogP contribution in [0.4, 0.5) is 5.69 Å². The monoisotopic (exact) mass is 229 g/mol. The van der Waals surface area contributed by atoms with Gasteiger partial charge in [-0.05, 0) is 23.6 Å². The number of hydrogen-bond donors (Lipinski definition) is 3. The highest BCUT2D eigenvalue weighted by Gasteiger charge is 2.12. The average molecular weight is 229 g/mol. The van der Waals surface area contributed by atoms with Gasteiger partial charge in [0.05, 0.1) is 5.75 Å². The fourth-order valence-electron chi connectivity index (χ4n) is 1.35. The van der Waals surface area contributed by atoms with E-state index in [2.05, 4.69) is 5.43 Å². The van der Waals surface area contributed by atoms with Crippen LogP contribution in [0.15, 0.2) is 24.3 Å². The summed E-state index contributed by atoms with van der Waals surface area (Å²) in [6.07, 6.45) is 0. The summed E-state index contributed by atoms with van der Waals surface area (Å²) in [4.78, 5) is 0. The van der Waals surface area contributed by atoms with Crippen LogP contribution in [0, 0.1) is 0 Å². The minimum absolute atomic E-state index is 0.0532. The molecule has 5 N–H and O–H groups in total. The van der Waals surface area contributed by atoms with Crippen molar-refractivity contribution in [2.45, 2.75) is 12.8 Å². The molecule has 0 saturated heterocycles. The number of hydrazine groups is 1. The quantitative estimate of drug-likeness (QED) is 0.513. The van der Waals surface area contributed by atoms with Gasteiger partial charge in [-0.1, -0.05) is 19.1 Å². The highest BCUT2D eigenvalue weighted by atomic mass is 32.2. The maximum absolute atomic E-state index is 10.9. The van der Waals surface area contributed by atoms with E-state index in [-0.39, 0.29) is 11.7 Å². The summed E-state index contributed by atoms with van der Waals surface area (Å²) in [6.45, 7) is 1.81. The number of rotatable bonds is 4. The van der Waals surface area contributed by atoms with Crippen molar-refractivity contribution in [3.63, 3.8) is 0 Å². The standard InChI is InChI=1S/C9H15N3O2S/c1-7(6-15(11,13)14)8-2-4-9(12-10)5-3-8/h2-5,7,12H,6,10H2,1H3,(H2,11,13,14). The van der Waals surface area contributed by atoms with Gasteiger partial charge in [0, 0.05) is 5.69 Å². The van der Waals surface area contributed by atoms with Crippen molar-refractivity contribution in [2.24, 2.45) is 11.0 Å². The van der Waals surface area contributed by atoms with Crippen LogP contribution in [0.1, 0.15) is 18.4 Å². The van der Waals surface area contributed by atoms with Crippen LogP contribution in [0.3, 0.4) is 0 Å². The molecule has 0 bridgehead atoms. The average Bonchev–Trinajstić information content (AvgIpc) is 2.15. The summed E-state index contributed by atoms with van der Waals surface area (Å²) in [5.41, 5.74) is 4.20. The van der Waals surface area contributed by atoms with E-state index < -0.39 is 10.0 Å². The van der Waals surface area contributed by atoms with Gasteiger partial charge in [-0.25, -0.2) is 13.6 Å². The van der Waals surface area contributed by atoms with Crippen molar-refractivity contribution in [1.29, 1.82) is 0 Å². The number of hydrogen-bond acceptors (Lipinski definition) is 4. The van der Waals surface area contributed by atoms with E-state index in [0.717, 1.165) is 11.3 Å². The second kappa shape index (κ2) is 4.61. The lowest BCUT2D eigenvalue weighted by atomic mass is 10.0. The lowest BCUT2D eigenvalue weighted by Crippen LogP contribution is -2.20. The van der Waals surface area contributed by atoms with E-state index in [1.165, 1.54) is 0 Å². The van der Waals surface area contributed by atoms with Crippen molar-refractivity contribution in [3.05, 3.63) is 29.8 Å². The summed E-state index contributed by atoms with van der Waals surface area (Å²) in [5.74, 6) is 5.04. The van der Waals surface area contributed by atoms with E-state index >= 15 is 0 Å². The lowest BCUT2D eigenvalue weighted by molar-refractivity contribution is 0.592. The Hall–Kier alpha value is -1.11. The molecule has 1 aromatic rings. The molecule has 0 aromatic heterocycles. The summed E-state index contributed by atoms with van der Waals surface area (Å²) >= 11 is 0. The Morgan fingerprint density at radius 1 is 1.33 bits per heavy atom. The first-order chi connectivity index (χ1) is 6.92. The maximum atomic E-state index is 10.9. The zero-order valence-corrected chi connectivity index (χ0v) is 9.29. The Balaban J connectivity index is 2.78. The molecular weight excluding hydrogens is 214 g/mol. The first kappa shape index (κ1) is 12.0. The molecule has 1 atom stereocenters. The van der Waals surface area contributed by atoms with Gasteiger partial charge in [0.25, 0.3) is 0 Å². The lowest BCUT2D eigenvalue weighted by Gasteiger charge is -2.10. The molecule has 1 rings (SSSR count). The van der Waals surface area contributed by atoms with E-state index in [0.29, 0.717) is 0 Å². The van der Waals surface area contributed by atoms with Crippen LogP contribution < -0.4 is 16.4 Å². The Labute approximate surface area is 89.5 Å². The van der Waals surface area contributed by atoms with Gasteiger partial charge in [-0.2, -0.15) is 0 Å². The van der Waals surface area contributed by atoms with Gasteiger partial charge in [-0.15, -0.1) is 0 Å². The highest BCUT2D eigenvalue weighted by molar-refractivity contribution is 7.89. The van der Waals surface area contributed by atoms with Crippen LogP contribution in [0.5, 0.6) is 0 Å². The second-order valence-electron chi connectivity index (χ2n) is 3.50. The summed E-state index contributed by atoms with van der Waals surface area (Å²) in [6, 6.07) is 7.22. The molecule has 0 aliphatic carbocycles. The molecule has 0 saturated carbocycles. The Morgan fingerprint density at radius 2 is 1.87 bits per heavy atom. The number of nitrogens with two attached hydrogens (primary N) is 2. The Morgan fingerprint density at radius 3 is 2.27 bits per heavy atom. The molecule has 0 fully saturated rings. The summed E-state index contributed by atoms with van der Waals surface area (Å²) < 4.78 is 21.8. The number of primary sulfonamides is 1. The second-order valence-corrected chi connectivity index (χ2v) is 5.16. The summed E-state index contributed by atoms with van der Waals surface area (Å²) in [5, 5.41) is 4.97. The smallest absolute Gasteiger partial charge is 0.209 e. The first-order valence-corrected chi connectivity index (χ1v) is 6.21. The zero-order chi connectivity index (χ0) is 11.5. The van der Waals surface area contributed by atoms with Crippen molar-refractivity contribution in [1.82, 2.24) is 0 Å². The SMILES string of the molecule is CC(CS(N)(=O)=O)c1ccc(NN)cc1. The molecular formula is C9H15N3O2S. The largest absolute Gasteiger partial charge is 0.324 e. The molecule has 0 aliphatic heterocycles. The van der Waals surface area contributed by atoms with E-state index in [1.807, 2.05) is 19.1 Å². The molecule has 0 amide bonds. The molecule has 6 heteroatoms. The summed E-state index contributed by atoms with van der Waals surface area (Å²) in [7, 11) is -3.43. The van der Waals surface area contributed by atoms with Crippen LogP contribution in [0.2, 0.25) is 0 Å². The number of nitrogen functional groups attached to an aromatic ring is 1. The predicted molar refractivity (Wildman–Crippen MR) is 60.6 cm³/mol. The molecule has 1 unspecified atom stereocenters. The Bertz CT molecular complexity index is 413. The highest BCUT2D eigenvalue weighted by Crippen LogP contribution is 2.18. The minimum Gasteiger partial charge on any atom is -0.324 e. The van der Waals surface area contributed by atoms with Gasteiger partial charge in [0.2, 0.25) is 10.0 Å². The minimum atomic E-state index is -3.43. The topological polar surface area (TPSA) is 98.2 Å². The van der Waals surface area contributed by atoms with E-state index in [9.17, 15) is 8.42 Å². The van der Waals surface area contributed by atoms with Crippen molar-refractivity contribution in [2.75, 3.05) is 11.2 Å². The van der Waals surface area contributed by atoms with Crippen LogP contribution in [0.25, 0.3) is 0 Å². The number of anilines is 1. The van der Waals surface area contributed by atoms with Crippen LogP contribution >= 0.6 is 0 Å². The predicted octanol–water partition coefficient (Wildman–Crippen LogP) is 0.364. The number of sulfonamides is 1. The normalized spacial score (nSPS) is 13.5. The van der Waals surface area contributed by atoms with Crippen LogP contribution in [-0.4, -0.2) is 14.2 Å². The molecule has 5 nitrogen and oxygen atoms in total. The van der Waals surface area contributed by atoms with Gasteiger partial charge < -0.3 is 5.43 Å². The third-order valence-corrected chi connectivity index (χ3v) is 3.09. The fourth-order valence-corrected chi connectivity index (χ4v) is 2.24. The fraction of sp³-hybridized carbons (Fsp3) is 0.333. The molecule has 15 heavy (non-hydrogen) atoms. The Kier molecular flexibility index (Phi) is 3.67. The van der Waals surface area contributed by atoms with Crippen molar-refractivity contribution < 1.29 is 8.42 Å². The van der Waals surface area contributed by atoms with E-state index in [1.54, 1.807) is 12.1 Å². The first-order valence-electron chi connectivity index (χ1n) is 4.49. The van der Waals surface area contributed by atoms with Gasteiger partial charge in [0.1, 0.15) is 0 Å².